The van der Waals surface area contributed by atoms with Gasteiger partial charge in [-0.1, -0.05) is 59.3 Å². The summed E-state index contributed by atoms with van der Waals surface area (Å²) in [6, 6.07) is 4.89. The lowest BCUT2D eigenvalue weighted by molar-refractivity contribution is 0.413. The van der Waals surface area contributed by atoms with Crippen molar-refractivity contribution in [1.82, 2.24) is 10.3 Å². The highest BCUT2D eigenvalue weighted by Gasteiger charge is 2.17. The largest absolute Gasteiger partial charge is 0.314 e. The Morgan fingerprint density at radius 2 is 1.65 bits per heavy atom. The number of unbranched alkanes of at least 4 members (excludes halogenated alkanes) is 5. The van der Waals surface area contributed by atoms with Crippen molar-refractivity contribution < 1.29 is 0 Å². The van der Waals surface area contributed by atoms with E-state index in [9.17, 15) is 0 Å². The van der Waals surface area contributed by atoms with Crippen LogP contribution in [0.3, 0.4) is 0 Å². The van der Waals surface area contributed by atoms with E-state index < -0.39 is 0 Å². The zero-order valence-corrected chi connectivity index (χ0v) is 13.6. The second-order valence-corrected chi connectivity index (χ2v) is 5.79. The number of likely N-dealkylation sites (N-methyl/N-ethyl adjacent to an activating group) is 1. The van der Waals surface area contributed by atoms with Gasteiger partial charge in [-0.3, -0.25) is 4.98 Å². The predicted molar refractivity (Wildman–Crippen MR) is 88.1 cm³/mol. The fourth-order valence-electron chi connectivity index (χ4n) is 2.83. The molecule has 1 aromatic heterocycles. The maximum atomic E-state index is 4.12. The molecule has 0 amide bonds. The van der Waals surface area contributed by atoms with Crippen LogP contribution in [0.25, 0.3) is 0 Å². The Morgan fingerprint density at radius 1 is 1.00 bits per heavy atom. The zero-order valence-electron chi connectivity index (χ0n) is 13.6. The lowest BCUT2D eigenvalue weighted by Crippen LogP contribution is -2.33. The van der Waals surface area contributed by atoms with Crippen LogP contribution in [0, 0.1) is 0 Å². The molecule has 1 heterocycles. The van der Waals surface area contributed by atoms with E-state index in [2.05, 4.69) is 43.2 Å². The summed E-state index contributed by atoms with van der Waals surface area (Å²) in [6.45, 7) is 7.86. The van der Waals surface area contributed by atoms with Crippen LogP contribution < -0.4 is 5.32 Å². The van der Waals surface area contributed by atoms with Gasteiger partial charge in [0.15, 0.2) is 0 Å². The van der Waals surface area contributed by atoms with E-state index in [4.69, 9.17) is 0 Å². The summed E-state index contributed by atoms with van der Waals surface area (Å²) in [7, 11) is 0. The first-order chi connectivity index (χ1) is 9.79. The van der Waals surface area contributed by atoms with E-state index in [1.807, 2.05) is 12.4 Å². The number of pyridine rings is 1. The minimum atomic E-state index is 0.564. The monoisotopic (exact) mass is 276 g/mol. The molecule has 0 aliphatic heterocycles. The minimum Gasteiger partial charge on any atom is -0.314 e. The van der Waals surface area contributed by atoms with E-state index in [1.54, 1.807) is 0 Å². The van der Waals surface area contributed by atoms with E-state index >= 15 is 0 Å². The van der Waals surface area contributed by atoms with Gasteiger partial charge in [-0.25, -0.2) is 0 Å². The van der Waals surface area contributed by atoms with Crippen molar-refractivity contribution in [3.05, 3.63) is 30.1 Å². The number of rotatable bonds is 11. The second kappa shape index (κ2) is 10.8. The average molecular weight is 276 g/mol. The van der Waals surface area contributed by atoms with Gasteiger partial charge in [-0.15, -0.1) is 0 Å². The first-order valence-electron chi connectivity index (χ1n) is 8.42. The topological polar surface area (TPSA) is 24.9 Å². The number of hydrogen-bond donors (Lipinski definition) is 1. The summed E-state index contributed by atoms with van der Waals surface area (Å²) in [5.41, 5.74) is 1.40. The molecule has 2 unspecified atom stereocenters. The molecule has 1 aromatic rings. The van der Waals surface area contributed by atoms with Crippen LogP contribution in [0.5, 0.6) is 0 Å². The molecular weight excluding hydrogens is 244 g/mol. The van der Waals surface area contributed by atoms with Crippen molar-refractivity contribution in [3.63, 3.8) is 0 Å². The molecule has 2 atom stereocenters. The Balaban J connectivity index is 2.36. The Kier molecular flexibility index (Phi) is 9.31. The Bertz CT molecular complexity index is 323. The number of aromatic nitrogens is 1. The third-order valence-corrected chi connectivity index (χ3v) is 4.17. The fraction of sp³-hybridized carbons (Fsp3) is 0.722. The summed E-state index contributed by atoms with van der Waals surface area (Å²) >= 11 is 0. The summed E-state index contributed by atoms with van der Waals surface area (Å²) in [5, 5.41) is 3.66. The highest BCUT2D eigenvalue weighted by atomic mass is 14.9. The van der Waals surface area contributed by atoms with Crippen LogP contribution in [0.15, 0.2) is 24.5 Å². The second-order valence-electron chi connectivity index (χ2n) is 5.79. The molecule has 0 fully saturated rings. The minimum absolute atomic E-state index is 0.564. The quantitative estimate of drug-likeness (QED) is 0.581. The van der Waals surface area contributed by atoms with Crippen LogP contribution in [0.1, 0.15) is 77.2 Å². The highest BCUT2D eigenvalue weighted by molar-refractivity contribution is 5.17. The maximum Gasteiger partial charge on any atom is 0.0270 e. The number of hydrogen-bond acceptors (Lipinski definition) is 2. The summed E-state index contributed by atoms with van der Waals surface area (Å²) < 4.78 is 0. The van der Waals surface area contributed by atoms with E-state index in [-0.39, 0.29) is 0 Å². The Labute approximate surface area is 125 Å². The van der Waals surface area contributed by atoms with Gasteiger partial charge < -0.3 is 5.32 Å². The van der Waals surface area contributed by atoms with Crippen LogP contribution in [-0.4, -0.2) is 17.6 Å². The van der Waals surface area contributed by atoms with E-state index in [0.717, 1.165) is 6.54 Å². The molecule has 0 radical (unpaired) electrons. The first kappa shape index (κ1) is 17.2. The standard InChI is InChI=1S/C18H32N2/c1-4-6-7-8-9-10-11-18(20-5-2)16(3)17-12-14-19-15-13-17/h12-16,18,20H,4-11H2,1-3H3. The van der Waals surface area contributed by atoms with Crippen LogP contribution >= 0.6 is 0 Å². The molecule has 0 aliphatic carbocycles. The van der Waals surface area contributed by atoms with E-state index in [1.165, 1.54) is 50.5 Å². The summed E-state index contributed by atoms with van der Waals surface area (Å²) in [5.74, 6) is 0.564. The van der Waals surface area contributed by atoms with Crippen LogP contribution in [0.4, 0.5) is 0 Å². The maximum absolute atomic E-state index is 4.12. The van der Waals surface area contributed by atoms with Crippen molar-refractivity contribution in [3.8, 4) is 0 Å². The molecule has 0 aliphatic rings. The van der Waals surface area contributed by atoms with Gasteiger partial charge in [0.2, 0.25) is 0 Å². The molecule has 0 bridgehead atoms. The van der Waals surface area contributed by atoms with Gasteiger partial charge >= 0.3 is 0 Å². The molecule has 2 nitrogen and oxygen atoms in total. The summed E-state index contributed by atoms with van der Waals surface area (Å²) in [4.78, 5) is 4.12. The molecule has 1 N–H and O–H groups in total. The average Bonchev–Trinajstić information content (AvgIpc) is 2.50. The van der Waals surface area contributed by atoms with Gasteiger partial charge in [-0.2, -0.15) is 0 Å². The number of nitrogens with one attached hydrogen (secondary N) is 1. The van der Waals surface area contributed by atoms with Gasteiger partial charge in [0.05, 0.1) is 0 Å². The van der Waals surface area contributed by atoms with Gasteiger partial charge in [0.25, 0.3) is 0 Å². The molecular formula is C18H32N2. The fourth-order valence-corrected chi connectivity index (χ4v) is 2.83. The lowest BCUT2D eigenvalue weighted by atomic mass is 9.90. The van der Waals surface area contributed by atoms with Crippen molar-refractivity contribution in [1.29, 1.82) is 0 Å². The van der Waals surface area contributed by atoms with Crippen molar-refractivity contribution in [2.75, 3.05) is 6.54 Å². The molecule has 0 saturated heterocycles. The predicted octanol–water partition coefficient (Wildman–Crippen LogP) is 4.91. The molecule has 0 aromatic carbocycles. The Hall–Kier alpha value is -0.890. The third kappa shape index (κ3) is 6.51. The zero-order chi connectivity index (χ0) is 14.6. The third-order valence-electron chi connectivity index (χ3n) is 4.17. The smallest absolute Gasteiger partial charge is 0.0270 e. The van der Waals surface area contributed by atoms with Gasteiger partial charge in [0, 0.05) is 18.4 Å². The lowest BCUT2D eigenvalue weighted by Gasteiger charge is -2.25. The van der Waals surface area contributed by atoms with Crippen molar-refractivity contribution >= 4 is 0 Å². The first-order valence-corrected chi connectivity index (χ1v) is 8.42. The van der Waals surface area contributed by atoms with E-state index in [0.29, 0.717) is 12.0 Å². The summed E-state index contributed by atoms with van der Waals surface area (Å²) in [6.07, 6.45) is 13.3. The molecule has 114 valence electrons. The Morgan fingerprint density at radius 3 is 2.30 bits per heavy atom. The normalized spacial score (nSPS) is 14.2. The van der Waals surface area contributed by atoms with Crippen molar-refractivity contribution in [2.24, 2.45) is 0 Å². The van der Waals surface area contributed by atoms with Crippen molar-refractivity contribution in [2.45, 2.75) is 77.7 Å². The molecule has 2 heteroatoms. The molecule has 20 heavy (non-hydrogen) atoms. The van der Waals surface area contributed by atoms with Gasteiger partial charge in [0.1, 0.15) is 0 Å². The number of nitrogens with zero attached hydrogens (tertiary/aromatic N) is 1. The highest BCUT2D eigenvalue weighted by Crippen LogP contribution is 2.22. The SMILES string of the molecule is CCCCCCCCC(NCC)C(C)c1ccncc1. The van der Waals surface area contributed by atoms with Gasteiger partial charge in [-0.05, 0) is 36.6 Å². The molecule has 1 rings (SSSR count). The van der Waals surface area contributed by atoms with Crippen LogP contribution in [0.2, 0.25) is 0 Å². The van der Waals surface area contributed by atoms with Crippen LogP contribution in [-0.2, 0) is 0 Å². The molecule has 0 saturated carbocycles. The molecule has 0 spiro atoms.